The van der Waals surface area contributed by atoms with E-state index in [0.29, 0.717) is 22.4 Å². The fraction of sp³-hybridized carbons (Fsp3) is 0.171. The molecule has 1 heterocycles. The van der Waals surface area contributed by atoms with E-state index in [2.05, 4.69) is 9.97 Å². The number of methoxy groups -OCH3 is 1. The van der Waals surface area contributed by atoms with Gasteiger partial charge in [0.2, 0.25) is 17.9 Å². The van der Waals surface area contributed by atoms with Crippen molar-refractivity contribution in [3.05, 3.63) is 120 Å². The van der Waals surface area contributed by atoms with Gasteiger partial charge >= 0.3 is 12.1 Å². The average molecular weight is 711 g/mol. The quantitative estimate of drug-likeness (QED) is 0.119. The number of alkyl halides is 3. The molecule has 4 aromatic carbocycles. The van der Waals surface area contributed by atoms with Crippen molar-refractivity contribution in [3.8, 4) is 34.0 Å². The van der Waals surface area contributed by atoms with Gasteiger partial charge in [-0.05, 0) is 54.3 Å². The number of carbonyl (C=O) groups is 1. The van der Waals surface area contributed by atoms with Gasteiger partial charge in [0.15, 0.2) is 0 Å². The minimum atomic E-state index is -4.75. The van der Waals surface area contributed by atoms with Gasteiger partial charge in [0, 0.05) is 17.2 Å². The highest BCUT2D eigenvalue weighted by Crippen LogP contribution is 2.38. The zero-order valence-corrected chi connectivity index (χ0v) is 27.5. The normalized spacial score (nSPS) is 12.6. The fourth-order valence-corrected chi connectivity index (χ4v) is 5.09. The van der Waals surface area contributed by atoms with Crippen LogP contribution >= 0.6 is 0 Å². The Balaban J connectivity index is 0.000000435. The van der Waals surface area contributed by atoms with Crippen molar-refractivity contribution < 1.29 is 45.5 Å². The number of nitrogen functional groups attached to an aromatic ring is 1. The first-order chi connectivity index (χ1) is 23.5. The van der Waals surface area contributed by atoms with Crippen molar-refractivity contribution in [1.82, 2.24) is 9.97 Å². The van der Waals surface area contributed by atoms with Crippen LogP contribution in [0.25, 0.3) is 22.4 Å². The first kappa shape index (κ1) is 37.3. The van der Waals surface area contributed by atoms with Gasteiger partial charge in [-0.3, -0.25) is 9.35 Å². The Morgan fingerprint density at radius 3 is 2.06 bits per heavy atom. The number of hydrogen-bond acceptors (Lipinski definition) is 9. The summed E-state index contributed by atoms with van der Waals surface area (Å²) in [7, 11) is -2.49. The molecule has 5 aromatic rings. The van der Waals surface area contributed by atoms with Crippen molar-refractivity contribution in [1.29, 1.82) is 0 Å². The smallest absolute Gasteiger partial charge is 0.429 e. The van der Waals surface area contributed by atoms with E-state index in [1.54, 1.807) is 66.7 Å². The van der Waals surface area contributed by atoms with Crippen molar-refractivity contribution in [2.75, 3.05) is 12.8 Å². The lowest BCUT2D eigenvalue weighted by atomic mass is 10.0. The number of aromatic nitrogens is 2. The molecule has 1 aromatic heterocycles. The highest BCUT2D eigenvalue weighted by Gasteiger charge is 2.43. The molecule has 6 N–H and O–H groups in total. The van der Waals surface area contributed by atoms with Crippen molar-refractivity contribution >= 4 is 22.0 Å². The molecule has 262 valence electrons. The molecule has 0 saturated carbocycles. The highest BCUT2D eigenvalue weighted by atomic mass is 32.2. The van der Waals surface area contributed by atoms with Crippen molar-refractivity contribution in [2.45, 2.75) is 36.6 Å². The maximum atomic E-state index is 14.1. The predicted octanol–water partition coefficient (Wildman–Crippen LogP) is 6.28. The number of rotatable bonds is 10. The number of benzene rings is 4. The number of hydrogen-bond donors (Lipinski definition) is 4. The molecule has 0 bridgehead atoms. The first-order valence-corrected chi connectivity index (χ1v) is 16.2. The SMILES string of the molecule is COc1cccc(-c2ccc([C@@H](Oc3cc(-c4ccc(C[C@H](N)C(=O)O)cc4)nc(N)n3)C(F)(F)F)cc2)c1.Cc1ccc(S(=O)(=O)O)cc1. The topological polar surface area (TPSA) is 188 Å². The van der Waals surface area contributed by atoms with Gasteiger partial charge in [0.05, 0.1) is 17.7 Å². The van der Waals surface area contributed by atoms with Gasteiger partial charge < -0.3 is 26.0 Å². The fourth-order valence-electron chi connectivity index (χ4n) is 4.61. The second kappa shape index (κ2) is 15.8. The van der Waals surface area contributed by atoms with Gasteiger partial charge in [0.1, 0.15) is 11.8 Å². The monoisotopic (exact) mass is 710 g/mol. The van der Waals surface area contributed by atoms with Gasteiger partial charge in [-0.15, -0.1) is 0 Å². The maximum Gasteiger partial charge on any atom is 0.429 e. The number of halogens is 3. The Hall–Kier alpha value is -5.51. The van der Waals surface area contributed by atoms with E-state index in [9.17, 15) is 26.4 Å². The summed E-state index contributed by atoms with van der Waals surface area (Å²) in [5.41, 5.74) is 15.1. The first-order valence-electron chi connectivity index (χ1n) is 14.8. The van der Waals surface area contributed by atoms with Gasteiger partial charge in [-0.2, -0.15) is 26.6 Å². The molecule has 0 saturated heterocycles. The largest absolute Gasteiger partial charge is 0.497 e. The van der Waals surface area contributed by atoms with E-state index in [4.69, 9.17) is 30.6 Å². The van der Waals surface area contributed by atoms with Crippen LogP contribution in [0.1, 0.15) is 22.8 Å². The molecule has 0 radical (unpaired) electrons. The van der Waals surface area contributed by atoms with Crippen LogP contribution in [-0.2, 0) is 21.3 Å². The third kappa shape index (κ3) is 10.2. The van der Waals surface area contributed by atoms with Gasteiger partial charge in [0.25, 0.3) is 10.1 Å². The minimum Gasteiger partial charge on any atom is -0.497 e. The Labute approximate surface area is 286 Å². The van der Waals surface area contributed by atoms with Crippen LogP contribution in [0.4, 0.5) is 19.1 Å². The minimum absolute atomic E-state index is 0.0666. The van der Waals surface area contributed by atoms with Gasteiger partial charge in [-0.1, -0.05) is 78.4 Å². The van der Waals surface area contributed by atoms with Crippen molar-refractivity contribution in [2.24, 2.45) is 5.73 Å². The summed E-state index contributed by atoms with van der Waals surface area (Å²) < 4.78 is 82.3. The third-order valence-corrected chi connectivity index (χ3v) is 8.08. The highest BCUT2D eigenvalue weighted by molar-refractivity contribution is 7.85. The van der Waals surface area contributed by atoms with E-state index in [-0.39, 0.29) is 34.4 Å². The number of nitrogens with zero attached hydrogens (tertiary/aromatic N) is 2. The summed E-state index contributed by atoms with van der Waals surface area (Å²) in [6.07, 6.45) is -6.94. The molecule has 0 unspecified atom stereocenters. The van der Waals surface area contributed by atoms with E-state index < -0.39 is 34.4 Å². The Morgan fingerprint density at radius 2 is 1.50 bits per heavy atom. The summed E-state index contributed by atoms with van der Waals surface area (Å²) >= 11 is 0. The predicted molar refractivity (Wildman–Crippen MR) is 180 cm³/mol. The molecule has 0 aliphatic carbocycles. The Bertz CT molecular complexity index is 2030. The zero-order chi connectivity index (χ0) is 36.6. The summed E-state index contributed by atoms with van der Waals surface area (Å²) in [4.78, 5) is 18.9. The summed E-state index contributed by atoms with van der Waals surface area (Å²) in [5.74, 6) is -1.12. The number of carboxylic acids is 1. The van der Waals surface area contributed by atoms with E-state index in [0.717, 1.165) is 11.1 Å². The number of aliphatic carboxylic acids is 1. The Kier molecular flexibility index (Phi) is 11.8. The molecular weight excluding hydrogens is 677 g/mol. The zero-order valence-electron chi connectivity index (χ0n) is 26.7. The molecular formula is C35H33F3N4O7S. The number of carboxylic acid groups (broad SMARTS) is 1. The Morgan fingerprint density at radius 1 is 0.880 bits per heavy atom. The second-order valence-corrected chi connectivity index (χ2v) is 12.4. The van der Waals surface area contributed by atoms with E-state index >= 15 is 0 Å². The van der Waals surface area contributed by atoms with E-state index in [1.807, 2.05) is 13.0 Å². The molecule has 0 amide bonds. The molecule has 11 nitrogen and oxygen atoms in total. The average Bonchev–Trinajstić information content (AvgIpc) is 3.07. The standard InChI is InChI=1S/C28H25F3N4O4.C7H8O3S/c1-38-21-4-2-3-20(14-21)17-9-11-19(12-10-17)25(28(29,30)31)39-24-15-23(34-27(33)35-24)18-7-5-16(6-8-18)13-22(32)26(36)37;1-6-2-4-7(5-3-6)11(8,9)10/h2-12,14-15,22,25H,13,32H2,1H3,(H,36,37)(H2,33,34,35);2-5H,1H3,(H,8,9,10)/t22-,25+;/m0./s1. The number of aryl methyl sites for hydroxylation is 1. The number of ether oxygens (including phenoxy) is 2. The van der Waals surface area contributed by atoms with Crippen LogP contribution in [0.2, 0.25) is 0 Å². The molecule has 0 aliphatic heterocycles. The molecule has 0 spiro atoms. The third-order valence-electron chi connectivity index (χ3n) is 7.21. The van der Waals surface area contributed by atoms with Crippen LogP contribution in [0.5, 0.6) is 11.6 Å². The van der Waals surface area contributed by atoms with Gasteiger partial charge in [-0.25, -0.2) is 4.98 Å². The van der Waals surface area contributed by atoms with Crippen LogP contribution in [-0.4, -0.2) is 53.3 Å². The molecule has 0 aliphatic rings. The van der Waals surface area contributed by atoms with Crippen LogP contribution in [0, 0.1) is 6.92 Å². The molecule has 5 rings (SSSR count). The molecule has 2 atom stereocenters. The second-order valence-electron chi connectivity index (χ2n) is 11.0. The van der Waals surface area contributed by atoms with E-state index in [1.165, 1.54) is 37.4 Å². The lowest BCUT2D eigenvalue weighted by Crippen LogP contribution is -2.32. The van der Waals surface area contributed by atoms with Crippen LogP contribution in [0.15, 0.2) is 108 Å². The summed E-state index contributed by atoms with van der Waals surface area (Å²) in [6.45, 7) is 1.84. The molecule has 0 fully saturated rings. The maximum absolute atomic E-state index is 14.1. The van der Waals surface area contributed by atoms with Crippen LogP contribution < -0.4 is 20.9 Å². The lowest BCUT2D eigenvalue weighted by Gasteiger charge is -2.22. The molecule has 15 heteroatoms. The number of nitrogens with two attached hydrogens (primary N) is 2. The summed E-state index contributed by atoms with van der Waals surface area (Å²) in [6, 6.07) is 25.8. The van der Waals surface area contributed by atoms with Crippen molar-refractivity contribution in [3.63, 3.8) is 0 Å². The van der Waals surface area contributed by atoms with Crippen LogP contribution in [0.3, 0.4) is 0 Å². The molecule has 50 heavy (non-hydrogen) atoms. The lowest BCUT2D eigenvalue weighted by molar-refractivity contribution is -0.198. The number of anilines is 1. The summed E-state index contributed by atoms with van der Waals surface area (Å²) in [5, 5.41) is 8.98.